The number of benzene rings is 1. The lowest BCUT2D eigenvalue weighted by Gasteiger charge is -2.38. The van der Waals surface area contributed by atoms with Gasteiger partial charge in [-0.15, -0.1) is 0 Å². The number of nitrogens with zero attached hydrogens (tertiary/aromatic N) is 3. The lowest BCUT2D eigenvalue weighted by atomic mass is 9.98. The lowest BCUT2D eigenvalue weighted by molar-refractivity contribution is -0.138. The number of carbonyl (C=O) groups excluding carboxylic acids is 1. The highest BCUT2D eigenvalue weighted by Gasteiger charge is 2.36. The van der Waals surface area contributed by atoms with Gasteiger partial charge in [0.15, 0.2) is 0 Å². The van der Waals surface area contributed by atoms with E-state index in [0.717, 1.165) is 26.1 Å². The predicted molar refractivity (Wildman–Crippen MR) is 108 cm³/mol. The summed E-state index contributed by atoms with van der Waals surface area (Å²) in [7, 11) is -2.22. The molecule has 2 heterocycles. The Kier molecular flexibility index (Phi) is 6.85. The Balaban J connectivity index is 1.70. The molecule has 1 aromatic carbocycles. The van der Waals surface area contributed by atoms with Gasteiger partial charge in [0.05, 0.1) is 22.9 Å². The number of piperidine rings is 1. The first-order chi connectivity index (χ1) is 13.4. The van der Waals surface area contributed by atoms with Crippen molar-refractivity contribution < 1.29 is 17.9 Å². The Bertz CT molecular complexity index is 809. The molecule has 0 N–H and O–H groups in total. The van der Waals surface area contributed by atoms with Crippen LogP contribution in [-0.4, -0.2) is 81.4 Å². The SMILES string of the molecule is CCN1CCN(C(=O)[C@H]2CCCN(S(=O)(=O)c3ccc(OC)c(Cl)c3)C2)CC1. The number of ether oxygens (including phenoxy) is 1. The maximum Gasteiger partial charge on any atom is 0.243 e. The fourth-order valence-electron chi connectivity index (χ4n) is 3.86. The first kappa shape index (κ1) is 21.4. The van der Waals surface area contributed by atoms with Crippen molar-refractivity contribution in [2.45, 2.75) is 24.7 Å². The van der Waals surface area contributed by atoms with Crippen LogP contribution < -0.4 is 4.74 Å². The summed E-state index contributed by atoms with van der Waals surface area (Å²) in [6, 6.07) is 4.45. The number of amides is 1. The van der Waals surface area contributed by atoms with E-state index in [0.29, 0.717) is 31.8 Å². The highest BCUT2D eigenvalue weighted by atomic mass is 35.5. The van der Waals surface area contributed by atoms with Crippen LogP contribution in [0.1, 0.15) is 19.8 Å². The van der Waals surface area contributed by atoms with Crippen molar-refractivity contribution in [3.63, 3.8) is 0 Å². The first-order valence-corrected chi connectivity index (χ1v) is 11.5. The molecule has 0 unspecified atom stereocenters. The summed E-state index contributed by atoms with van der Waals surface area (Å²) >= 11 is 6.11. The van der Waals surface area contributed by atoms with Crippen LogP contribution in [0, 0.1) is 5.92 Å². The fraction of sp³-hybridized carbons (Fsp3) is 0.632. The molecule has 0 bridgehead atoms. The number of hydrogen-bond donors (Lipinski definition) is 0. The quantitative estimate of drug-likeness (QED) is 0.715. The van der Waals surface area contributed by atoms with E-state index in [9.17, 15) is 13.2 Å². The molecule has 0 aliphatic carbocycles. The maximum atomic E-state index is 13.1. The van der Waals surface area contributed by atoms with E-state index in [1.807, 2.05) is 4.90 Å². The van der Waals surface area contributed by atoms with Crippen LogP contribution in [0.3, 0.4) is 0 Å². The number of hydrogen-bond acceptors (Lipinski definition) is 5. The third-order valence-electron chi connectivity index (χ3n) is 5.63. The first-order valence-electron chi connectivity index (χ1n) is 9.71. The van der Waals surface area contributed by atoms with Gasteiger partial charge < -0.3 is 14.5 Å². The molecule has 0 saturated carbocycles. The second kappa shape index (κ2) is 8.98. The van der Waals surface area contributed by atoms with E-state index in [2.05, 4.69) is 11.8 Å². The molecular formula is C19H28ClN3O4S. The van der Waals surface area contributed by atoms with Gasteiger partial charge in [0, 0.05) is 39.3 Å². The minimum absolute atomic E-state index is 0.0726. The molecule has 2 saturated heterocycles. The van der Waals surface area contributed by atoms with Crippen LogP contribution in [-0.2, 0) is 14.8 Å². The highest BCUT2D eigenvalue weighted by Crippen LogP contribution is 2.30. The zero-order valence-electron chi connectivity index (χ0n) is 16.4. The minimum atomic E-state index is -3.71. The van der Waals surface area contributed by atoms with Gasteiger partial charge in [0.1, 0.15) is 5.75 Å². The van der Waals surface area contributed by atoms with Crippen LogP contribution in [0.15, 0.2) is 23.1 Å². The second-order valence-electron chi connectivity index (χ2n) is 7.26. The van der Waals surface area contributed by atoms with Gasteiger partial charge in [0.25, 0.3) is 0 Å². The summed E-state index contributed by atoms with van der Waals surface area (Å²) in [5, 5.41) is 0.252. The molecule has 1 amide bonds. The zero-order chi connectivity index (χ0) is 20.3. The molecule has 156 valence electrons. The Morgan fingerprint density at radius 1 is 1.21 bits per heavy atom. The molecule has 1 atom stereocenters. The van der Waals surface area contributed by atoms with Crippen LogP contribution in [0.2, 0.25) is 5.02 Å². The van der Waals surface area contributed by atoms with Gasteiger partial charge in [0.2, 0.25) is 15.9 Å². The van der Waals surface area contributed by atoms with Crippen LogP contribution in [0.5, 0.6) is 5.75 Å². The van der Waals surface area contributed by atoms with E-state index >= 15 is 0 Å². The van der Waals surface area contributed by atoms with Crippen LogP contribution in [0.25, 0.3) is 0 Å². The van der Waals surface area contributed by atoms with Gasteiger partial charge in [-0.3, -0.25) is 4.79 Å². The smallest absolute Gasteiger partial charge is 0.243 e. The number of halogens is 1. The number of carbonyl (C=O) groups is 1. The largest absolute Gasteiger partial charge is 0.495 e. The Labute approximate surface area is 172 Å². The normalized spacial score (nSPS) is 22.2. The number of piperazine rings is 1. The number of likely N-dealkylation sites (N-methyl/N-ethyl adjacent to an activating group) is 1. The molecule has 0 spiro atoms. The monoisotopic (exact) mass is 429 g/mol. The third-order valence-corrected chi connectivity index (χ3v) is 7.78. The number of sulfonamides is 1. The van der Waals surface area contributed by atoms with Gasteiger partial charge in [-0.1, -0.05) is 18.5 Å². The van der Waals surface area contributed by atoms with Crippen molar-refractivity contribution in [2.24, 2.45) is 5.92 Å². The lowest BCUT2D eigenvalue weighted by Crippen LogP contribution is -2.52. The summed E-state index contributed by atoms with van der Waals surface area (Å²) in [5.41, 5.74) is 0. The summed E-state index contributed by atoms with van der Waals surface area (Å²) in [4.78, 5) is 17.3. The summed E-state index contributed by atoms with van der Waals surface area (Å²) < 4.78 is 32.6. The zero-order valence-corrected chi connectivity index (χ0v) is 18.0. The fourth-order valence-corrected chi connectivity index (χ4v) is 5.73. The Hall–Kier alpha value is -1.35. The van der Waals surface area contributed by atoms with Crippen molar-refractivity contribution in [1.82, 2.24) is 14.1 Å². The average Bonchev–Trinajstić information content (AvgIpc) is 2.73. The van der Waals surface area contributed by atoms with Gasteiger partial charge in [-0.2, -0.15) is 4.31 Å². The van der Waals surface area contributed by atoms with Crippen LogP contribution in [0.4, 0.5) is 0 Å². The molecular weight excluding hydrogens is 402 g/mol. The van der Waals surface area contributed by atoms with Gasteiger partial charge in [-0.25, -0.2) is 8.42 Å². The second-order valence-corrected chi connectivity index (χ2v) is 9.60. The molecule has 3 rings (SSSR count). The molecule has 0 aromatic heterocycles. The summed E-state index contributed by atoms with van der Waals surface area (Å²) in [6.07, 6.45) is 1.40. The topological polar surface area (TPSA) is 70.2 Å². The molecule has 9 heteroatoms. The maximum absolute atomic E-state index is 13.1. The van der Waals surface area contributed by atoms with Crippen molar-refractivity contribution in [3.05, 3.63) is 23.2 Å². The molecule has 2 aliphatic rings. The standard InChI is InChI=1S/C19H28ClN3O4S/c1-3-21-9-11-22(12-10-21)19(24)15-5-4-8-23(14-15)28(25,26)16-6-7-18(27-2)17(20)13-16/h6-7,13,15H,3-5,8-12,14H2,1-2H3/t15-/m0/s1. The van der Waals surface area contributed by atoms with Crippen molar-refractivity contribution in [1.29, 1.82) is 0 Å². The van der Waals surface area contributed by atoms with Gasteiger partial charge in [-0.05, 0) is 37.6 Å². The van der Waals surface area contributed by atoms with E-state index in [1.165, 1.54) is 23.5 Å². The Morgan fingerprint density at radius 3 is 2.54 bits per heavy atom. The van der Waals surface area contributed by atoms with E-state index < -0.39 is 10.0 Å². The molecule has 28 heavy (non-hydrogen) atoms. The molecule has 7 nitrogen and oxygen atoms in total. The highest BCUT2D eigenvalue weighted by molar-refractivity contribution is 7.89. The summed E-state index contributed by atoms with van der Waals surface area (Å²) in [5.74, 6) is 0.215. The van der Waals surface area contributed by atoms with Crippen molar-refractivity contribution >= 4 is 27.5 Å². The minimum Gasteiger partial charge on any atom is -0.495 e. The molecule has 2 aliphatic heterocycles. The summed E-state index contributed by atoms with van der Waals surface area (Å²) in [6.45, 7) is 6.92. The molecule has 2 fully saturated rings. The van der Waals surface area contributed by atoms with Crippen LogP contribution >= 0.6 is 11.6 Å². The average molecular weight is 430 g/mol. The van der Waals surface area contributed by atoms with Crippen molar-refractivity contribution in [2.75, 3.05) is 52.9 Å². The van der Waals surface area contributed by atoms with Gasteiger partial charge >= 0.3 is 0 Å². The van der Waals surface area contributed by atoms with E-state index in [4.69, 9.17) is 16.3 Å². The van der Waals surface area contributed by atoms with Crippen molar-refractivity contribution in [3.8, 4) is 5.75 Å². The number of methoxy groups -OCH3 is 1. The predicted octanol–water partition coefficient (Wildman–Crippen LogP) is 1.91. The van der Waals surface area contributed by atoms with E-state index in [-0.39, 0.29) is 28.3 Å². The molecule has 1 aromatic rings. The molecule has 0 radical (unpaired) electrons. The Morgan fingerprint density at radius 2 is 1.93 bits per heavy atom. The third kappa shape index (κ3) is 4.45. The van der Waals surface area contributed by atoms with E-state index in [1.54, 1.807) is 6.07 Å². The number of rotatable bonds is 5.